The Labute approximate surface area is 147 Å². The molecule has 0 spiro atoms. The lowest BCUT2D eigenvalue weighted by Crippen LogP contribution is -2.18. The molecule has 4 nitrogen and oxygen atoms in total. The highest BCUT2D eigenvalue weighted by Crippen LogP contribution is 2.40. The molecule has 1 heterocycles. The number of esters is 1. The van der Waals surface area contributed by atoms with Crippen LogP contribution in [-0.2, 0) is 17.6 Å². The number of hydrogen-bond donors (Lipinski definition) is 1. The van der Waals surface area contributed by atoms with Crippen LogP contribution >= 0.6 is 11.3 Å². The SMILES string of the molecule is COC(=O)c1c(NC(=O)c2c(F)cccc2F)sc2c1CC[C@H](C)C2. The van der Waals surface area contributed by atoms with E-state index in [1.807, 2.05) is 0 Å². The number of carbonyl (C=O) groups excluding carboxylic acids is 2. The van der Waals surface area contributed by atoms with Crippen LogP contribution in [0.25, 0.3) is 0 Å². The first-order chi connectivity index (χ1) is 11.9. The molecule has 25 heavy (non-hydrogen) atoms. The first-order valence-electron chi connectivity index (χ1n) is 7.90. The van der Waals surface area contributed by atoms with Gasteiger partial charge in [-0.2, -0.15) is 0 Å². The van der Waals surface area contributed by atoms with Crippen molar-refractivity contribution in [1.29, 1.82) is 0 Å². The molecule has 0 bridgehead atoms. The van der Waals surface area contributed by atoms with Crippen molar-refractivity contribution in [3.63, 3.8) is 0 Å². The van der Waals surface area contributed by atoms with Crippen LogP contribution in [0.1, 0.15) is 44.5 Å². The van der Waals surface area contributed by atoms with Gasteiger partial charge in [-0.25, -0.2) is 13.6 Å². The molecule has 2 aromatic rings. The van der Waals surface area contributed by atoms with Crippen LogP contribution in [0.4, 0.5) is 13.8 Å². The Morgan fingerprint density at radius 2 is 1.92 bits per heavy atom. The third-order valence-electron chi connectivity index (χ3n) is 4.32. The van der Waals surface area contributed by atoms with E-state index in [-0.39, 0.29) is 5.00 Å². The van der Waals surface area contributed by atoms with E-state index in [4.69, 9.17) is 4.74 Å². The fourth-order valence-corrected chi connectivity index (χ4v) is 4.43. The molecule has 1 N–H and O–H groups in total. The number of hydrogen-bond acceptors (Lipinski definition) is 4. The van der Waals surface area contributed by atoms with Crippen molar-refractivity contribution in [2.24, 2.45) is 5.92 Å². The molecule has 1 aliphatic carbocycles. The minimum Gasteiger partial charge on any atom is -0.465 e. The van der Waals surface area contributed by atoms with Gasteiger partial charge >= 0.3 is 5.97 Å². The Hall–Kier alpha value is -2.28. The molecule has 0 unspecified atom stereocenters. The Kier molecular flexibility index (Phi) is 4.85. The number of methoxy groups -OCH3 is 1. The van der Waals surface area contributed by atoms with E-state index in [1.165, 1.54) is 24.5 Å². The number of carbonyl (C=O) groups is 2. The second-order valence-electron chi connectivity index (χ2n) is 6.10. The van der Waals surface area contributed by atoms with Gasteiger partial charge in [0.1, 0.15) is 22.2 Å². The number of benzene rings is 1. The summed E-state index contributed by atoms with van der Waals surface area (Å²) in [6.45, 7) is 2.12. The molecular formula is C18H17F2NO3S. The van der Waals surface area contributed by atoms with E-state index in [1.54, 1.807) is 0 Å². The monoisotopic (exact) mass is 365 g/mol. The zero-order chi connectivity index (χ0) is 18.1. The van der Waals surface area contributed by atoms with Gasteiger partial charge in [-0.15, -0.1) is 11.3 Å². The summed E-state index contributed by atoms with van der Waals surface area (Å²) in [6, 6.07) is 3.22. The fourth-order valence-electron chi connectivity index (χ4n) is 3.04. The number of thiophene rings is 1. The molecule has 1 aromatic carbocycles. The topological polar surface area (TPSA) is 55.4 Å². The molecular weight excluding hydrogens is 348 g/mol. The van der Waals surface area contributed by atoms with Crippen LogP contribution < -0.4 is 5.32 Å². The van der Waals surface area contributed by atoms with E-state index in [9.17, 15) is 18.4 Å². The number of halogens is 2. The molecule has 1 aliphatic rings. The zero-order valence-corrected chi connectivity index (χ0v) is 14.6. The van der Waals surface area contributed by atoms with Gasteiger partial charge in [0.05, 0.1) is 12.7 Å². The van der Waals surface area contributed by atoms with Crippen LogP contribution in [0.2, 0.25) is 0 Å². The largest absolute Gasteiger partial charge is 0.465 e. The molecule has 0 aliphatic heterocycles. The number of rotatable bonds is 3. The normalized spacial score (nSPS) is 16.2. The average Bonchev–Trinajstić information content (AvgIpc) is 2.90. The van der Waals surface area contributed by atoms with Crippen molar-refractivity contribution in [1.82, 2.24) is 0 Å². The Morgan fingerprint density at radius 1 is 1.24 bits per heavy atom. The lowest BCUT2D eigenvalue weighted by molar-refractivity contribution is 0.0601. The van der Waals surface area contributed by atoms with Crippen molar-refractivity contribution < 1.29 is 23.1 Å². The van der Waals surface area contributed by atoms with E-state index in [2.05, 4.69) is 12.2 Å². The highest BCUT2D eigenvalue weighted by Gasteiger charge is 2.29. The summed E-state index contributed by atoms with van der Waals surface area (Å²) in [5, 5.41) is 2.77. The summed E-state index contributed by atoms with van der Waals surface area (Å²) in [6.07, 6.45) is 2.44. The third kappa shape index (κ3) is 3.28. The number of anilines is 1. The maximum absolute atomic E-state index is 13.8. The van der Waals surface area contributed by atoms with Gasteiger partial charge in [0.2, 0.25) is 0 Å². The van der Waals surface area contributed by atoms with Crippen molar-refractivity contribution in [2.45, 2.75) is 26.2 Å². The highest BCUT2D eigenvalue weighted by atomic mass is 32.1. The standard InChI is InChI=1S/C18H17F2NO3S/c1-9-6-7-10-13(8-9)25-17(14(10)18(23)24-2)21-16(22)15-11(19)4-3-5-12(15)20/h3-5,9H,6-8H2,1-2H3,(H,21,22)/t9-/m0/s1. The summed E-state index contributed by atoms with van der Waals surface area (Å²) in [5.41, 5.74) is 0.483. The molecule has 0 saturated heterocycles. The van der Waals surface area contributed by atoms with E-state index >= 15 is 0 Å². The van der Waals surface area contributed by atoms with Crippen LogP contribution in [0.15, 0.2) is 18.2 Å². The second-order valence-corrected chi connectivity index (χ2v) is 7.20. The van der Waals surface area contributed by atoms with Crippen LogP contribution in [0, 0.1) is 17.6 Å². The van der Waals surface area contributed by atoms with E-state index < -0.39 is 29.1 Å². The van der Waals surface area contributed by atoms with Gasteiger partial charge in [-0.05, 0) is 42.9 Å². The molecule has 0 radical (unpaired) electrons. The Bertz CT molecular complexity index is 827. The van der Waals surface area contributed by atoms with E-state index in [0.29, 0.717) is 17.9 Å². The molecule has 0 fully saturated rings. The minimum atomic E-state index is -0.952. The molecule has 1 atom stereocenters. The molecule has 1 amide bonds. The smallest absolute Gasteiger partial charge is 0.341 e. The quantitative estimate of drug-likeness (QED) is 0.830. The molecule has 7 heteroatoms. The predicted molar refractivity (Wildman–Crippen MR) is 91.2 cm³/mol. The fraction of sp³-hybridized carbons (Fsp3) is 0.333. The van der Waals surface area contributed by atoms with Crippen LogP contribution in [-0.4, -0.2) is 19.0 Å². The Morgan fingerprint density at radius 3 is 2.56 bits per heavy atom. The van der Waals surface area contributed by atoms with Crippen molar-refractivity contribution >= 4 is 28.2 Å². The number of amides is 1. The molecule has 1 aromatic heterocycles. The Balaban J connectivity index is 2.00. The van der Waals surface area contributed by atoms with Gasteiger partial charge in [0.25, 0.3) is 5.91 Å². The van der Waals surface area contributed by atoms with Gasteiger partial charge in [-0.1, -0.05) is 13.0 Å². The summed E-state index contributed by atoms with van der Waals surface area (Å²) in [5.74, 6) is -2.91. The van der Waals surface area contributed by atoms with Crippen LogP contribution in [0.3, 0.4) is 0 Å². The third-order valence-corrected chi connectivity index (χ3v) is 5.49. The second kappa shape index (κ2) is 6.92. The summed E-state index contributed by atoms with van der Waals surface area (Å²) < 4.78 is 32.5. The first kappa shape index (κ1) is 17.5. The summed E-state index contributed by atoms with van der Waals surface area (Å²) in [7, 11) is 1.26. The lowest BCUT2D eigenvalue weighted by Gasteiger charge is -2.18. The highest BCUT2D eigenvalue weighted by molar-refractivity contribution is 7.17. The first-order valence-corrected chi connectivity index (χ1v) is 8.72. The number of ether oxygens (including phenoxy) is 1. The lowest BCUT2D eigenvalue weighted by atomic mass is 9.88. The molecule has 0 saturated carbocycles. The number of fused-ring (bicyclic) bond motifs is 1. The van der Waals surface area contributed by atoms with Crippen molar-refractivity contribution in [2.75, 3.05) is 12.4 Å². The number of nitrogens with one attached hydrogen (secondary N) is 1. The predicted octanol–water partition coefficient (Wildman–Crippen LogP) is 4.19. The van der Waals surface area contributed by atoms with Gasteiger partial charge in [0.15, 0.2) is 0 Å². The van der Waals surface area contributed by atoms with Crippen molar-refractivity contribution in [3.05, 3.63) is 51.4 Å². The minimum absolute atomic E-state index is 0.276. The van der Waals surface area contributed by atoms with Crippen LogP contribution in [0.5, 0.6) is 0 Å². The van der Waals surface area contributed by atoms with E-state index in [0.717, 1.165) is 35.4 Å². The molecule has 132 valence electrons. The maximum atomic E-state index is 13.8. The zero-order valence-electron chi connectivity index (χ0n) is 13.8. The van der Waals surface area contributed by atoms with Gasteiger partial charge in [-0.3, -0.25) is 4.79 Å². The van der Waals surface area contributed by atoms with Crippen molar-refractivity contribution in [3.8, 4) is 0 Å². The average molecular weight is 365 g/mol. The van der Waals surface area contributed by atoms with Gasteiger partial charge in [0, 0.05) is 4.88 Å². The van der Waals surface area contributed by atoms with Gasteiger partial charge < -0.3 is 10.1 Å². The maximum Gasteiger partial charge on any atom is 0.341 e. The summed E-state index contributed by atoms with van der Waals surface area (Å²) in [4.78, 5) is 25.5. The summed E-state index contributed by atoms with van der Waals surface area (Å²) >= 11 is 1.27. The molecule has 3 rings (SSSR count).